The average molecular weight is 300 g/mol. The van der Waals surface area contributed by atoms with Gasteiger partial charge in [0, 0.05) is 6.42 Å². The molecule has 20 heavy (non-hydrogen) atoms. The molecule has 7 nitrogen and oxygen atoms in total. The van der Waals surface area contributed by atoms with Crippen LogP contribution in [-0.4, -0.2) is 26.3 Å². The summed E-state index contributed by atoms with van der Waals surface area (Å²) in [6.07, 6.45) is -0.196. The Kier molecular flexibility index (Phi) is 5.23. The predicted octanol–water partition coefficient (Wildman–Crippen LogP) is -0.180. The molecule has 0 radical (unpaired) electrons. The van der Waals surface area contributed by atoms with E-state index in [1.54, 1.807) is 19.1 Å². The maximum absolute atomic E-state index is 11.8. The molecular weight excluding hydrogens is 284 g/mol. The van der Waals surface area contributed by atoms with Crippen molar-refractivity contribution in [3.8, 4) is 0 Å². The molecule has 110 valence electrons. The van der Waals surface area contributed by atoms with E-state index in [0.29, 0.717) is 0 Å². The van der Waals surface area contributed by atoms with Crippen molar-refractivity contribution < 1.29 is 22.2 Å². The minimum Gasteiger partial charge on any atom is -0.370 e. The van der Waals surface area contributed by atoms with Crippen molar-refractivity contribution in [1.29, 1.82) is 0 Å². The van der Waals surface area contributed by atoms with Gasteiger partial charge >= 0.3 is 16.1 Å². The number of primary amides is 1. The number of hydrogen-bond donors (Lipinski definition) is 2. The summed E-state index contributed by atoms with van der Waals surface area (Å²) in [6.45, 7) is 1.79. The van der Waals surface area contributed by atoms with E-state index in [4.69, 9.17) is 11.5 Å². The molecular formula is C12H16N2O5S. The van der Waals surface area contributed by atoms with Crippen molar-refractivity contribution in [3.63, 3.8) is 0 Å². The first-order chi connectivity index (χ1) is 9.22. The Hall–Kier alpha value is -1.93. The Morgan fingerprint density at radius 3 is 2.30 bits per heavy atom. The minimum absolute atomic E-state index is 0.0718. The largest absolute Gasteiger partial charge is 0.370 e. The molecule has 0 saturated carbocycles. The van der Waals surface area contributed by atoms with Gasteiger partial charge in [-0.15, -0.1) is 0 Å². The number of amides is 1. The lowest BCUT2D eigenvalue weighted by Crippen LogP contribution is -2.34. The molecule has 0 unspecified atom stereocenters. The van der Waals surface area contributed by atoms with Gasteiger partial charge in [0.1, 0.15) is 10.9 Å². The van der Waals surface area contributed by atoms with E-state index in [9.17, 15) is 18.0 Å². The number of nitrogens with two attached hydrogens (primary N) is 2. The second-order valence-electron chi connectivity index (χ2n) is 4.28. The first-order valence-corrected chi connectivity index (χ1v) is 7.22. The normalized spacial score (nSPS) is 12.7. The van der Waals surface area contributed by atoms with E-state index in [0.717, 1.165) is 5.56 Å². The summed E-state index contributed by atoms with van der Waals surface area (Å²) in [5.74, 6) is -1.75. The molecule has 8 heteroatoms. The Balaban J connectivity index is 2.73. The van der Waals surface area contributed by atoms with Crippen molar-refractivity contribution in [3.05, 3.63) is 29.8 Å². The fraction of sp³-hybridized carbons (Fsp3) is 0.333. The molecule has 1 aromatic rings. The van der Waals surface area contributed by atoms with Gasteiger partial charge in [-0.2, -0.15) is 8.42 Å². The fourth-order valence-electron chi connectivity index (χ4n) is 1.34. The monoisotopic (exact) mass is 300 g/mol. The molecule has 1 atom stereocenters. The topological polar surface area (TPSA) is 130 Å². The summed E-state index contributed by atoms with van der Waals surface area (Å²) in [7, 11) is -4.21. The maximum Gasteiger partial charge on any atom is 0.341 e. The second kappa shape index (κ2) is 6.49. The third-order valence-corrected chi connectivity index (χ3v) is 3.74. The van der Waals surface area contributed by atoms with E-state index in [2.05, 4.69) is 4.18 Å². The summed E-state index contributed by atoms with van der Waals surface area (Å²) in [4.78, 5) is 22.0. The summed E-state index contributed by atoms with van der Waals surface area (Å²) >= 11 is 0. The molecule has 0 saturated heterocycles. The quantitative estimate of drug-likeness (QED) is 0.701. The molecule has 1 rings (SSSR count). The highest BCUT2D eigenvalue weighted by molar-refractivity contribution is 7.87. The van der Waals surface area contributed by atoms with Crippen LogP contribution in [-0.2, 0) is 23.9 Å². The summed E-state index contributed by atoms with van der Waals surface area (Å²) < 4.78 is 28.0. The third-order valence-electron chi connectivity index (χ3n) is 2.51. The standard InChI is InChI=1S/C12H16N2O5S/c1-8-2-4-9(5-3-8)20(17,18)19-12(16)10(13)6-7-11(14)15/h2-5,10H,6-7,13H2,1H3,(H2,14,15)/t10-/m0/s1. The molecule has 0 bridgehead atoms. The van der Waals surface area contributed by atoms with Gasteiger partial charge in [-0.05, 0) is 25.5 Å². The zero-order valence-corrected chi connectivity index (χ0v) is 11.7. The number of hydrogen-bond acceptors (Lipinski definition) is 6. The van der Waals surface area contributed by atoms with Gasteiger partial charge in [0.05, 0.1) is 0 Å². The van der Waals surface area contributed by atoms with Crippen molar-refractivity contribution >= 4 is 22.0 Å². The molecule has 1 aromatic carbocycles. The van der Waals surface area contributed by atoms with Crippen LogP contribution in [0.1, 0.15) is 18.4 Å². The number of rotatable bonds is 6. The van der Waals surface area contributed by atoms with Gasteiger partial charge in [-0.3, -0.25) is 4.79 Å². The molecule has 0 aliphatic rings. The van der Waals surface area contributed by atoms with E-state index in [1.807, 2.05) is 0 Å². The van der Waals surface area contributed by atoms with E-state index >= 15 is 0 Å². The van der Waals surface area contributed by atoms with Crippen LogP contribution in [0.3, 0.4) is 0 Å². The molecule has 0 aliphatic heterocycles. The smallest absolute Gasteiger partial charge is 0.341 e. The van der Waals surface area contributed by atoms with Crippen LogP contribution >= 0.6 is 0 Å². The third kappa shape index (κ3) is 4.63. The molecule has 0 aromatic heterocycles. The van der Waals surface area contributed by atoms with Gasteiger partial charge in [0.25, 0.3) is 0 Å². The molecule has 0 heterocycles. The van der Waals surface area contributed by atoms with Gasteiger partial charge in [-0.1, -0.05) is 17.7 Å². The maximum atomic E-state index is 11.8. The molecule has 0 fully saturated rings. The summed E-state index contributed by atoms with van der Waals surface area (Å²) in [5, 5.41) is 0. The van der Waals surface area contributed by atoms with Crippen molar-refractivity contribution in [1.82, 2.24) is 0 Å². The number of carbonyl (C=O) groups is 2. The van der Waals surface area contributed by atoms with Crippen molar-refractivity contribution in [2.75, 3.05) is 0 Å². The molecule has 4 N–H and O–H groups in total. The lowest BCUT2D eigenvalue weighted by Gasteiger charge is -2.10. The number of benzene rings is 1. The highest BCUT2D eigenvalue weighted by Gasteiger charge is 2.24. The molecule has 0 aliphatic carbocycles. The van der Waals surface area contributed by atoms with Gasteiger partial charge < -0.3 is 15.7 Å². The highest BCUT2D eigenvalue weighted by atomic mass is 32.2. The van der Waals surface area contributed by atoms with Gasteiger partial charge in [0.15, 0.2) is 0 Å². The molecule has 0 spiro atoms. The van der Waals surface area contributed by atoms with Crippen LogP contribution in [0.15, 0.2) is 29.2 Å². The van der Waals surface area contributed by atoms with Crippen molar-refractivity contribution in [2.24, 2.45) is 11.5 Å². The van der Waals surface area contributed by atoms with Crippen LogP contribution < -0.4 is 11.5 Å². The highest BCUT2D eigenvalue weighted by Crippen LogP contribution is 2.14. The summed E-state index contributed by atoms with van der Waals surface area (Å²) in [5.41, 5.74) is 11.2. The first-order valence-electron chi connectivity index (χ1n) is 5.81. The van der Waals surface area contributed by atoms with E-state index < -0.39 is 28.0 Å². The van der Waals surface area contributed by atoms with Crippen LogP contribution in [0.25, 0.3) is 0 Å². The molecule has 1 amide bonds. The van der Waals surface area contributed by atoms with E-state index in [1.165, 1.54) is 12.1 Å². The van der Waals surface area contributed by atoms with Crippen LogP contribution in [0.5, 0.6) is 0 Å². The van der Waals surface area contributed by atoms with Crippen LogP contribution in [0.4, 0.5) is 0 Å². The predicted molar refractivity (Wildman–Crippen MR) is 70.9 cm³/mol. The lowest BCUT2D eigenvalue weighted by atomic mass is 10.2. The van der Waals surface area contributed by atoms with Crippen molar-refractivity contribution in [2.45, 2.75) is 30.7 Å². The van der Waals surface area contributed by atoms with Crippen LogP contribution in [0, 0.1) is 6.92 Å². The Labute approximate surface area is 117 Å². The number of aryl methyl sites for hydroxylation is 1. The Morgan fingerprint density at radius 2 is 1.80 bits per heavy atom. The van der Waals surface area contributed by atoms with Crippen LogP contribution in [0.2, 0.25) is 0 Å². The number of carbonyl (C=O) groups excluding carboxylic acids is 2. The summed E-state index contributed by atoms with van der Waals surface area (Å²) in [6, 6.07) is 4.59. The fourth-order valence-corrected chi connectivity index (χ4v) is 2.24. The SMILES string of the molecule is Cc1ccc(S(=O)(=O)OC(=O)[C@@H](N)CCC(N)=O)cc1. The van der Waals surface area contributed by atoms with Gasteiger partial charge in [-0.25, -0.2) is 4.79 Å². The Morgan fingerprint density at radius 1 is 1.25 bits per heavy atom. The average Bonchev–Trinajstić information content (AvgIpc) is 2.35. The zero-order chi connectivity index (χ0) is 15.3. The lowest BCUT2D eigenvalue weighted by molar-refractivity contribution is -0.135. The second-order valence-corrected chi connectivity index (χ2v) is 5.83. The van der Waals surface area contributed by atoms with Gasteiger partial charge in [0.2, 0.25) is 5.91 Å². The van der Waals surface area contributed by atoms with E-state index in [-0.39, 0.29) is 17.7 Å². The first kappa shape index (κ1) is 16.1. The zero-order valence-electron chi connectivity index (χ0n) is 10.9. The Bertz CT molecular complexity index is 595. The minimum atomic E-state index is -4.21.